The van der Waals surface area contributed by atoms with Crippen LogP contribution in [-0.2, 0) is 59.2 Å². The number of ketones is 2. The summed E-state index contributed by atoms with van der Waals surface area (Å²) in [5, 5.41) is 45.9. The van der Waals surface area contributed by atoms with Gasteiger partial charge < -0.3 is 41.2 Å². The first-order valence-corrected chi connectivity index (χ1v) is 22.5. The van der Waals surface area contributed by atoms with Crippen molar-refractivity contribution in [1.29, 1.82) is 0 Å². The quantitative estimate of drug-likeness (QED) is 0.0336. The number of rotatable bonds is 30. The minimum absolute atomic E-state index is 0.00741. The molecule has 0 radical (unpaired) electrons. The summed E-state index contributed by atoms with van der Waals surface area (Å²) in [5.41, 5.74) is 1.61. The van der Waals surface area contributed by atoms with Gasteiger partial charge in [-0.05, 0) is 103 Å². The molecule has 22 heteroatoms. The van der Waals surface area contributed by atoms with Crippen LogP contribution in [0.5, 0.6) is 0 Å². The van der Waals surface area contributed by atoms with Crippen LogP contribution in [-0.4, -0.2) is 115 Å². The molecular weight excluding hydrogens is 995 g/mol. The van der Waals surface area contributed by atoms with Gasteiger partial charge in [0.05, 0.1) is 23.6 Å². The molecule has 1 aliphatic heterocycles. The molecule has 5 amide bonds. The number of aryl methyl sites for hydroxylation is 2. The van der Waals surface area contributed by atoms with Crippen LogP contribution < -0.4 is 16.0 Å². The fourth-order valence-electron chi connectivity index (χ4n) is 6.86. The summed E-state index contributed by atoms with van der Waals surface area (Å²) in [6.45, 7) is 2.23. The lowest BCUT2D eigenvalue weighted by Crippen LogP contribution is -2.47. The molecule has 0 spiro atoms. The summed E-state index contributed by atoms with van der Waals surface area (Å²) in [5.74, 6) is -14.9. The van der Waals surface area contributed by atoms with E-state index in [-0.39, 0.29) is 55.7 Å². The van der Waals surface area contributed by atoms with Crippen LogP contribution in [0.25, 0.3) is 0 Å². The number of carbonyl (C=O) groups is 12. The van der Waals surface area contributed by atoms with Crippen LogP contribution >= 0.6 is 22.6 Å². The van der Waals surface area contributed by atoms with Crippen molar-refractivity contribution in [2.24, 2.45) is 11.8 Å². The van der Waals surface area contributed by atoms with Gasteiger partial charge in [-0.25, -0.2) is 4.79 Å². The number of halogens is 1. The Hall–Kier alpha value is -6.59. The second kappa shape index (κ2) is 27.1. The van der Waals surface area contributed by atoms with E-state index < -0.39 is 140 Å². The van der Waals surface area contributed by atoms with E-state index in [0.717, 1.165) is 20.8 Å². The SMILES string of the molecule is Cc1ccc(CCC(=O)NCCCC[C@@H](CC(=O)[C@@H](CCC(=O)O)NC(=O)[C@@H](CCC(=O)O)CC(=O)[C@@H](CCC(=O)O)NC(=O)c2cccc(C(=O)ON3C(=O)CCC3=O)c2)C(=O)O)cc1I. The van der Waals surface area contributed by atoms with Gasteiger partial charge >= 0.3 is 29.8 Å². The zero-order valence-electron chi connectivity index (χ0n) is 36.6. The number of hydrogen-bond donors (Lipinski definition) is 7. The Labute approximate surface area is 397 Å². The highest BCUT2D eigenvalue weighted by molar-refractivity contribution is 14.1. The van der Waals surface area contributed by atoms with E-state index in [2.05, 4.69) is 38.5 Å². The molecule has 1 fully saturated rings. The predicted octanol–water partition coefficient (Wildman–Crippen LogP) is 3.15. The second-order valence-electron chi connectivity index (χ2n) is 15.9. The van der Waals surface area contributed by atoms with Gasteiger partial charge in [0.2, 0.25) is 11.8 Å². The number of hydroxylamine groups is 2. The first-order chi connectivity index (χ1) is 31.6. The number of Topliss-reactive ketones (excluding diaryl/α,β-unsaturated/α-hetero) is 2. The Bertz CT molecular complexity index is 2210. The average Bonchev–Trinajstić information content (AvgIpc) is 3.59. The molecule has 0 saturated carbocycles. The number of aliphatic carboxylic acids is 4. The summed E-state index contributed by atoms with van der Waals surface area (Å²) in [4.78, 5) is 155. The second-order valence-corrected chi connectivity index (χ2v) is 17.1. The molecule has 0 bridgehead atoms. The number of carboxylic acids is 4. The number of amides is 5. The maximum Gasteiger partial charge on any atom is 0.363 e. The topological polar surface area (TPSA) is 334 Å². The third kappa shape index (κ3) is 19.0. The highest BCUT2D eigenvalue weighted by atomic mass is 127. The lowest BCUT2D eigenvalue weighted by Gasteiger charge is -2.24. The van der Waals surface area contributed by atoms with Gasteiger partial charge in [-0.15, -0.1) is 5.06 Å². The number of carboxylic acid groups (broad SMARTS) is 4. The molecule has 0 aromatic heterocycles. The molecule has 3 rings (SSSR count). The number of imide groups is 1. The van der Waals surface area contributed by atoms with E-state index in [0.29, 0.717) is 17.9 Å². The van der Waals surface area contributed by atoms with Crippen molar-refractivity contribution < 1.29 is 82.8 Å². The van der Waals surface area contributed by atoms with Gasteiger partial charge in [0.25, 0.3) is 17.7 Å². The molecule has 4 atom stereocenters. The molecule has 67 heavy (non-hydrogen) atoms. The fourth-order valence-corrected chi connectivity index (χ4v) is 7.44. The van der Waals surface area contributed by atoms with Crippen molar-refractivity contribution >= 4 is 93.5 Å². The third-order valence-electron chi connectivity index (χ3n) is 10.7. The molecule has 2 aromatic rings. The van der Waals surface area contributed by atoms with Crippen molar-refractivity contribution in [3.05, 3.63) is 68.3 Å². The molecule has 1 saturated heterocycles. The van der Waals surface area contributed by atoms with E-state index >= 15 is 0 Å². The molecule has 362 valence electrons. The van der Waals surface area contributed by atoms with Crippen LogP contribution in [0.1, 0.15) is 122 Å². The lowest BCUT2D eigenvalue weighted by atomic mass is 9.89. The van der Waals surface area contributed by atoms with Crippen molar-refractivity contribution in [2.75, 3.05) is 6.54 Å². The average molecular weight is 1050 g/mol. The van der Waals surface area contributed by atoms with Crippen molar-refractivity contribution in [3.63, 3.8) is 0 Å². The van der Waals surface area contributed by atoms with Gasteiger partial charge in [0.15, 0.2) is 11.6 Å². The Morgan fingerprint density at radius 2 is 1.25 bits per heavy atom. The van der Waals surface area contributed by atoms with E-state index in [1.807, 2.05) is 25.1 Å². The number of unbranched alkanes of at least 4 members (excludes halogenated alkanes) is 1. The number of nitrogens with one attached hydrogen (secondary N) is 3. The number of nitrogens with zero attached hydrogens (tertiary/aromatic N) is 1. The smallest absolute Gasteiger partial charge is 0.363 e. The molecule has 1 aliphatic rings. The van der Waals surface area contributed by atoms with Crippen molar-refractivity contribution in [1.82, 2.24) is 21.0 Å². The van der Waals surface area contributed by atoms with Crippen molar-refractivity contribution in [2.45, 2.75) is 115 Å². The zero-order chi connectivity index (χ0) is 49.8. The molecule has 21 nitrogen and oxygen atoms in total. The number of carbonyl (C=O) groups excluding carboxylic acids is 8. The highest BCUT2D eigenvalue weighted by Gasteiger charge is 2.35. The molecule has 2 aromatic carbocycles. The largest absolute Gasteiger partial charge is 0.481 e. The monoisotopic (exact) mass is 1050 g/mol. The van der Waals surface area contributed by atoms with Crippen LogP contribution in [0.4, 0.5) is 0 Å². The highest BCUT2D eigenvalue weighted by Crippen LogP contribution is 2.21. The Balaban J connectivity index is 1.68. The third-order valence-corrected chi connectivity index (χ3v) is 11.9. The van der Waals surface area contributed by atoms with Gasteiger partial charge in [-0.1, -0.05) is 24.6 Å². The van der Waals surface area contributed by atoms with E-state index in [1.54, 1.807) is 0 Å². The molecule has 0 unspecified atom stereocenters. The number of hydrogen-bond acceptors (Lipinski definition) is 13. The Morgan fingerprint density at radius 3 is 1.84 bits per heavy atom. The van der Waals surface area contributed by atoms with Crippen LogP contribution in [0.2, 0.25) is 0 Å². The normalized spacial score (nSPS) is 14.0. The predicted molar refractivity (Wildman–Crippen MR) is 240 cm³/mol. The standard InChI is InChI=1S/C45H53IN4O17/c1-25-8-9-26(21-31(25)46)10-14-36(53)47-20-3-2-5-29(44(64)65)24-35(52)33(13-19-41(60)61)49-43(63)28(11-17-39(56)57)23-34(51)32(12-18-40(58)59)48-42(62)27-6-4-7-30(22-27)45(66)67-50-37(54)15-16-38(50)55/h4,6-9,21-22,28-29,32-33H,2-3,5,10-20,23-24H2,1H3,(H,47,53)(H,48,62)(H,49,63)(H,56,57)(H,58,59)(H,60,61)(H,64,65)/t28-,29-,32+,33+/m0/s1. The van der Waals surface area contributed by atoms with Gasteiger partial charge in [-0.2, -0.15) is 0 Å². The molecule has 7 N–H and O–H groups in total. The van der Waals surface area contributed by atoms with Crippen LogP contribution in [0.15, 0.2) is 42.5 Å². The summed E-state index contributed by atoms with van der Waals surface area (Å²) < 4.78 is 1.08. The van der Waals surface area contributed by atoms with Gasteiger partial charge in [0, 0.05) is 73.0 Å². The maximum absolute atomic E-state index is 13.8. The van der Waals surface area contributed by atoms with E-state index in [1.165, 1.54) is 18.2 Å². The van der Waals surface area contributed by atoms with Crippen LogP contribution in [0.3, 0.4) is 0 Å². The minimum atomic E-state index is -1.60. The fraction of sp³-hybridized carbons (Fsp3) is 0.467. The van der Waals surface area contributed by atoms with E-state index in [9.17, 15) is 78.0 Å². The molecular formula is C45H53IN4O17. The van der Waals surface area contributed by atoms with Crippen molar-refractivity contribution in [3.8, 4) is 0 Å². The minimum Gasteiger partial charge on any atom is -0.481 e. The van der Waals surface area contributed by atoms with Gasteiger partial charge in [-0.3, -0.25) is 52.7 Å². The lowest BCUT2D eigenvalue weighted by molar-refractivity contribution is -0.172. The Kier molecular flexibility index (Phi) is 22.2. The summed E-state index contributed by atoms with van der Waals surface area (Å²) in [6.07, 6.45) is -3.81. The van der Waals surface area contributed by atoms with E-state index in [4.69, 9.17) is 4.84 Å². The summed E-state index contributed by atoms with van der Waals surface area (Å²) >= 11 is 2.22. The molecule has 1 heterocycles. The van der Waals surface area contributed by atoms with Crippen LogP contribution in [0, 0.1) is 22.3 Å². The Morgan fingerprint density at radius 1 is 0.687 bits per heavy atom. The first kappa shape index (κ1) is 54.7. The number of benzene rings is 2. The first-order valence-electron chi connectivity index (χ1n) is 21.4. The summed E-state index contributed by atoms with van der Waals surface area (Å²) in [6, 6.07) is 7.44. The zero-order valence-corrected chi connectivity index (χ0v) is 38.7. The maximum atomic E-state index is 13.8. The molecule has 0 aliphatic carbocycles. The van der Waals surface area contributed by atoms with Gasteiger partial charge in [0.1, 0.15) is 0 Å². The summed E-state index contributed by atoms with van der Waals surface area (Å²) in [7, 11) is 0.